The molecule has 0 atom stereocenters. The first kappa shape index (κ1) is 18.9. The molecular formula is C26H18N4O3. The van der Waals surface area contributed by atoms with E-state index < -0.39 is 0 Å². The Morgan fingerprint density at radius 1 is 0.818 bits per heavy atom. The molecule has 0 aliphatic rings. The maximum absolute atomic E-state index is 11.1. The number of hydrogen-bond acceptors (Lipinski definition) is 5. The Morgan fingerprint density at radius 3 is 2.52 bits per heavy atom. The van der Waals surface area contributed by atoms with Gasteiger partial charge in [-0.05, 0) is 35.9 Å². The van der Waals surface area contributed by atoms with Crippen molar-refractivity contribution in [2.24, 2.45) is 0 Å². The van der Waals surface area contributed by atoms with Gasteiger partial charge in [-0.1, -0.05) is 48.5 Å². The second kappa shape index (κ2) is 7.13. The molecule has 0 fully saturated rings. The van der Waals surface area contributed by atoms with Gasteiger partial charge in [0.05, 0.1) is 40.0 Å². The zero-order chi connectivity index (χ0) is 22.5. The smallest absolute Gasteiger partial charge is 0.240 e. The Morgan fingerprint density at radius 2 is 1.67 bits per heavy atom. The number of aromatic nitrogens is 4. The first-order chi connectivity index (χ1) is 16.1. The number of pyridine rings is 1. The summed E-state index contributed by atoms with van der Waals surface area (Å²) in [5, 5.41) is 33.3. The molecule has 160 valence electrons. The van der Waals surface area contributed by atoms with E-state index in [9.17, 15) is 15.3 Å². The van der Waals surface area contributed by atoms with E-state index in [0.717, 1.165) is 22.0 Å². The summed E-state index contributed by atoms with van der Waals surface area (Å²) in [5.41, 5.74) is 4.79. The predicted octanol–water partition coefficient (Wildman–Crippen LogP) is 5.35. The molecule has 0 saturated carbocycles. The normalized spacial score (nSPS) is 11.4. The third-order valence-electron chi connectivity index (χ3n) is 5.79. The fraction of sp³-hybridized carbons (Fsp3) is 0. The third-order valence-corrected chi connectivity index (χ3v) is 5.79. The van der Waals surface area contributed by atoms with Crippen LogP contribution in [0.3, 0.4) is 0 Å². The van der Waals surface area contributed by atoms with Gasteiger partial charge in [-0.2, -0.15) is 0 Å². The van der Waals surface area contributed by atoms with Crippen molar-refractivity contribution in [2.75, 3.05) is 0 Å². The molecule has 3 aromatic carbocycles. The van der Waals surface area contributed by atoms with Crippen LogP contribution in [0.25, 0.3) is 50.1 Å². The summed E-state index contributed by atoms with van der Waals surface area (Å²) in [6.45, 7) is 0. The Labute approximate surface area is 187 Å². The van der Waals surface area contributed by atoms with Gasteiger partial charge in [0.15, 0.2) is 5.75 Å². The lowest BCUT2D eigenvalue weighted by molar-refractivity contribution is 0.388. The number of aromatic hydroxyl groups is 3. The summed E-state index contributed by atoms with van der Waals surface area (Å²) >= 11 is 0. The van der Waals surface area contributed by atoms with Crippen LogP contribution in [0.15, 0.2) is 85.2 Å². The number of hydrogen-bond donors (Lipinski definition) is 4. The number of phenolic OH excluding ortho intramolecular Hbond substituents is 1. The Bertz CT molecular complexity index is 1650. The number of fused-ring (bicyclic) bond motifs is 2. The first-order valence-corrected chi connectivity index (χ1v) is 10.4. The lowest BCUT2D eigenvalue weighted by Gasteiger charge is -2.13. The van der Waals surface area contributed by atoms with Crippen LogP contribution in [0.4, 0.5) is 0 Å². The highest BCUT2D eigenvalue weighted by Gasteiger charge is 2.27. The van der Waals surface area contributed by atoms with E-state index >= 15 is 0 Å². The number of para-hydroxylation sites is 1. The summed E-state index contributed by atoms with van der Waals surface area (Å²) < 4.78 is 1.56. The van der Waals surface area contributed by atoms with E-state index in [2.05, 4.69) is 9.97 Å². The lowest BCUT2D eigenvalue weighted by atomic mass is 10.0. The summed E-state index contributed by atoms with van der Waals surface area (Å²) in [7, 11) is 0. The van der Waals surface area contributed by atoms with Gasteiger partial charge < -0.3 is 20.3 Å². The molecule has 0 aliphatic carbocycles. The fourth-order valence-corrected chi connectivity index (χ4v) is 4.25. The summed E-state index contributed by atoms with van der Waals surface area (Å²) in [6, 6.07) is 23.7. The number of aromatic amines is 1. The number of benzene rings is 3. The molecular weight excluding hydrogens is 416 g/mol. The number of phenols is 1. The molecule has 0 unspecified atom stereocenters. The van der Waals surface area contributed by atoms with Crippen molar-refractivity contribution < 1.29 is 15.3 Å². The standard InChI is InChI=1S/C26H18N4O3/c31-21-8-4-7-16-9-11-19(29-23(16)21)24-22(15-5-2-1-3-6-15)25(32)26(33)30(24)17-10-12-18-20(13-17)28-14-27-18/h1-14,31-33H,(H,27,28). The number of nitrogens with one attached hydrogen (secondary N) is 1. The molecule has 0 saturated heterocycles. The van der Waals surface area contributed by atoms with E-state index in [0.29, 0.717) is 28.2 Å². The zero-order valence-electron chi connectivity index (χ0n) is 17.3. The zero-order valence-corrected chi connectivity index (χ0v) is 17.3. The van der Waals surface area contributed by atoms with Crippen molar-refractivity contribution in [3.8, 4) is 45.6 Å². The van der Waals surface area contributed by atoms with E-state index in [-0.39, 0.29) is 17.4 Å². The van der Waals surface area contributed by atoms with Gasteiger partial charge in [-0.15, -0.1) is 0 Å². The van der Waals surface area contributed by atoms with Gasteiger partial charge in [0.1, 0.15) is 11.3 Å². The highest BCUT2D eigenvalue weighted by molar-refractivity contribution is 5.93. The molecule has 7 heteroatoms. The second-order valence-corrected chi connectivity index (χ2v) is 7.75. The molecule has 7 nitrogen and oxygen atoms in total. The van der Waals surface area contributed by atoms with Crippen molar-refractivity contribution in [1.29, 1.82) is 0 Å². The van der Waals surface area contributed by atoms with Crippen LogP contribution in [0.5, 0.6) is 17.4 Å². The Hall–Kier alpha value is -4.78. The molecule has 6 aromatic rings. The SMILES string of the molecule is Oc1c(-c2ccccc2)c(-c2ccc3cccc(O)c3n2)n(-c2ccc3nc[nH]c3c2)c1O. The van der Waals surface area contributed by atoms with Crippen molar-refractivity contribution in [3.05, 3.63) is 85.2 Å². The molecule has 33 heavy (non-hydrogen) atoms. The second-order valence-electron chi connectivity index (χ2n) is 7.75. The molecule has 4 N–H and O–H groups in total. The van der Waals surface area contributed by atoms with Crippen molar-refractivity contribution in [2.45, 2.75) is 0 Å². The van der Waals surface area contributed by atoms with Crippen LogP contribution in [-0.2, 0) is 0 Å². The van der Waals surface area contributed by atoms with Gasteiger partial charge in [0.25, 0.3) is 0 Å². The van der Waals surface area contributed by atoms with E-state index in [1.54, 1.807) is 23.0 Å². The van der Waals surface area contributed by atoms with Crippen LogP contribution in [-0.4, -0.2) is 34.8 Å². The Kier molecular flexibility index (Phi) is 4.10. The molecule has 0 bridgehead atoms. The van der Waals surface area contributed by atoms with Crippen molar-refractivity contribution in [3.63, 3.8) is 0 Å². The maximum atomic E-state index is 11.1. The minimum absolute atomic E-state index is 0.0565. The van der Waals surface area contributed by atoms with Crippen LogP contribution in [0, 0.1) is 0 Å². The minimum Gasteiger partial charge on any atom is -0.506 e. The predicted molar refractivity (Wildman–Crippen MR) is 127 cm³/mol. The van der Waals surface area contributed by atoms with Crippen LogP contribution in [0.2, 0.25) is 0 Å². The monoisotopic (exact) mass is 434 g/mol. The van der Waals surface area contributed by atoms with Crippen LogP contribution >= 0.6 is 0 Å². The van der Waals surface area contributed by atoms with Crippen molar-refractivity contribution >= 4 is 21.9 Å². The van der Waals surface area contributed by atoms with Gasteiger partial charge in [0, 0.05) is 5.39 Å². The highest BCUT2D eigenvalue weighted by Crippen LogP contribution is 2.48. The van der Waals surface area contributed by atoms with Crippen molar-refractivity contribution in [1.82, 2.24) is 19.5 Å². The molecule has 3 heterocycles. The van der Waals surface area contributed by atoms with E-state index in [4.69, 9.17) is 4.98 Å². The van der Waals surface area contributed by atoms with Gasteiger partial charge in [0.2, 0.25) is 5.88 Å². The lowest BCUT2D eigenvalue weighted by Crippen LogP contribution is -1.99. The van der Waals surface area contributed by atoms with Gasteiger partial charge >= 0.3 is 0 Å². The molecule has 3 aromatic heterocycles. The topological polar surface area (TPSA) is 107 Å². The maximum Gasteiger partial charge on any atom is 0.240 e. The average Bonchev–Trinajstić information content (AvgIpc) is 3.42. The average molecular weight is 434 g/mol. The Balaban J connectivity index is 1.71. The van der Waals surface area contributed by atoms with E-state index in [1.165, 1.54) is 0 Å². The molecule has 0 amide bonds. The highest BCUT2D eigenvalue weighted by atomic mass is 16.3. The number of rotatable bonds is 3. The minimum atomic E-state index is -0.304. The summed E-state index contributed by atoms with van der Waals surface area (Å²) in [5.74, 6) is -0.497. The fourth-order valence-electron chi connectivity index (χ4n) is 4.25. The molecule has 0 spiro atoms. The van der Waals surface area contributed by atoms with Crippen LogP contribution < -0.4 is 0 Å². The molecule has 0 radical (unpaired) electrons. The van der Waals surface area contributed by atoms with Crippen LogP contribution in [0.1, 0.15) is 0 Å². The first-order valence-electron chi connectivity index (χ1n) is 10.4. The largest absolute Gasteiger partial charge is 0.506 e. The van der Waals surface area contributed by atoms with E-state index in [1.807, 2.05) is 66.7 Å². The van der Waals surface area contributed by atoms with Gasteiger partial charge in [-0.3, -0.25) is 4.57 Å². The molecule has 6 rings (SSSR count). The third kappa shape index (κ3) is 2.90. The molecule has 0 aliphatic heterocycles. The summed E-state index contributed by atoms with van der Waals surface area (Å²) in [6.07, 6.45) is 1.60. The number of H-pyrrole nitrogens is 1. The summed E-state index contributed by atoms with van der Waals surface area (Å²) in [4.78, 5) is 12.0. The number of imidazole rings is 1. The quantitative estimate of drug-likeness (QED) is 0.300. The van der Waals surface area contributed by atoms with Gasteiger partial charge in [-0.25, -0.2) is 9.97 Å². The number of nitrogens with zero attached hydrogens (tertiary/aromatic N) is 3.